The van der Waals surface area contributed by atoms with Gasteiger partial charge in [0.2, 0.25) is 0 Å². The molecule has 0 atom stereocenters. The maximum atomic E-state index is 12.8. The molecule has 0 N–H and O–H groups in total. The summed E-state index contributed by atoms with van der Waals surface area (Å²) in [5.41, 5.74) is 1.43. The number of fused-ring (bicyclic) bond motifs is 1. The van der Waals surface area contributed by atoms with Crippen molar-refractivity contribution in [1.29, 1.82) is 0 Å². The minimum Gasteiger partial charge on any atom is -0.463 e. The number of benzene rings is 1. The molecular weight excluding hydrogens is 356 g/mol. The van der Waals surface area contributed by atoms with Crippen LogP contribution in [-0.4, -0.2) is 47.2 Å². The molecule has 4 aromatic rings. The highest BCUT2D eigenvalue weighted by atomic mass is 16.3. The van der Waals surface area contributed by atoms with Gasteiger partial charge in [-0.3, -0.25) is 4.79 Å². The number of hydrogen-bond donors (Lipinski definition) is 0. The minimum absolute atomic E-state index is 0.0740. The zero-order chi connectivity index (χ0) is 18.9. The largest absolute Gasteiger partial charge is 0.463 e. The molecule has 7 nitrogen and oxygen atoms in total. The Kier molecular flexibility index (Phi) is 4.05. The Morgan fingerprint density at radius 3 is 2.50 bits per heavy atom. The number of nitrogens with zero attached hydrogens (tertiary/aromatic N) is 4. The highest BCUT2D eigenvalue weighted by Crippen LogP contribution is 2.22. The van der Waals surface area contributed by atoms with Gasteiger partial charge in [-0.2, -0.15) is 0 Å². The summed E-state index contributed by atoms with van der Waals surface area (Å²) >= 11 is 0. The van der Waals surface area contributed by atoms with Crippen molar-refractivity contribution in [2.75, 3.05) is 31.1 Å². The van der Waals surface area contributed by atoms with Gasteiger partial charge in [0.15, 0.2) is 17.3 Å². The smallest absolute Gasteiger partial charge is 0.289 e. The second kappa shape index (κ2) is 6.84. The Balaban J connectivity index is 1.25. The Morgan fingerprint density at radius 2 is 1.79 bits per heavy atom. The Labute approximate surface area is 161 Å². The van der Waals surface area contributed by atoms with Crippen LogP contribution in [0.4, 0.5) is 5.82 Å². The third-order valence-electron chi connectivity index (χ3n) is 4.95. The van der Waals surface area contributed by atoms with E-state index in [1.165, 1.54) is 0 Å². The molecule has 0 saturated carbocycles. The summed E-state index contributed by atoms with van der Waals surface area (Å²) in [4.78, 5) is 16.7. The first kappa shape index (κ1) is 16.6. The number of carbonyl (C=O) groups excluding carboxylic acids is 1. The lowest BCUT2D eigenvalue weighted by atomic mass is 10.2. The summed E-state index contributed by atoms with van der Waals surface area (Å²) < 4.78 is 11.0. The maximum Gasteiger partial charge on any atom is 0.289 e. The molecule has 0 bridgehead atoms. The van der Waals surface area contributed by atoms with Crippen molar-refractivity contribution >= 4 is 22.7 Å². The van der Waals surface area contributed by atoms with Crippen LogP contribution in [0.15, 0.2) is 69.7 Å². The molecule has 1 aromatic carbocycles. The fraction of sp³-hybridized carbons (Fsp3) is 0.190. The summed E-state index contributed by atoms with van der Waals surface area (Å²) in [5.74, 6) is 1.80. The predicted molar refractivity (Wildman–Crippen MR) is 104 cm³/mol. The van der Waals surface area contributed by atoms with E-state index < -0.39 is 0 Å². The normalized spacial score (nSPS) is 14.6. The van der Waals surface area contributed by atoms with Crippen LogP contribution in [0.3, 0.4) is 0 Å². The molecule has 1 aliphatic heterocycles. The van der Waals surface area contributed by atoms with E-state index >= 15 is 0 Å². The molecule has 1 amide bonds. The van der Waals surface area contributed by atoms with Crippen LogP contribution < -0.4 is 4.90 Å². The molecule has 0 spiro atoms. The molecule has 28 heavy (non-hydrogen) atoms. The third kappa shape index (κ3) is 3.00. The molecule has 0 radical (unpaired) electrons. The number of hydrogen-bond acceptors (Lipinski definition) is 6. The Hall–Kier alpha value is -3.61. The van der Waals surface area contributed by atoms with Crippen LogP contribution in [0.5, 0.6) is 0 Å². The number of para-hydroxylation sites is 1. The number of amides is 1. The van der Waals surface area contributed by atoms with Crippen LogP contribution in [0.2, 0.25) is 0 Å². The van der Waals surface area contributed by atoms with Crippen molar-refractivity contribution in [1.82, 2.24) is 15.1 Å². The highest BCUT2D eigenvalue weighted by molar-refractivity contribution is 5.96. The molecule has 1 saturated heterocycles. The number of furan rings is 2. The number of aromatic nitrogens is 2. The average molecular weight is 374 g/mol. The monoisotopic (exact) mass is 374 g/mol. The predicted octanol–water partition coefficient (Wildman–Crippen LogP) is 3.45. The van der Waals surface area contributed by atoms with Crippen LogP contribution in [0.1, 0.15) is 10.6 Å². The van der Waals surface area contributed by atoms with Gasteiger partial charge in [-0.25, -0.2) is 0 Å². The van der Waals surface area contributed by atoms with Gasteiger partial charge in [0, 0.05) is 31.6 Å². The molecule has 0 unspecified atom stereocenters. The second-order valence-electron chi connectivity index (χ2n) is 6.68. The topological polar surface area (TPSA) is 75.6 Å². The number of anilines is 1. The van der Waals surface area contributed by atoms with Gasteiger partial charge in [-0.05, 0) is 36.4 Å². The summed E-state index contributed by atoms with van der Waals surface area (Å²) in [6.07, 6.45) is 1.61. The van der Waals surface area contributed by atoms with E-state index in [9.17, 15) is 4.79 Å². The van der Waals surface area contributed by atoms with Crippen molar-refractivity contribution in [2.24, 2.45) is 0 Å². The van der Waals surface area contributed by atoms with Crippen LogP contribution in [-0.2, 0) is 0 Å². The molecule has 5 rings (SSSR count). The van der Waals surface area contributed by atoms with E-state index in [1.54, 1.807) is 6.26 Å². The van der Waals surface area contributed by atoms with Crippen molar-refractivity contribution in [2.45, 2.75) is 0 Å². The highest BCUT2D eigenvalue weighted by Gasteiger charge is 2.25. The molecule has 0 aliphatic carbocycles. The van der Waals surface area contributed by atoms with E-state index in [2.05, 4.69) is 15.1 Å². The first-order valence-corrected chi connectivity index (χ1v) is 9.18. The lowest BCUT2D eigenvalue weighted by Crippen LogP contribution is -2.49. The zero-order valence-electron chi connectivity index (χ0n) is 15.1. The van der Waals surface area contributed by atoms with Crippen molar-refractivity contribution in [3.63, 3.8) is 0 Å². The SMILES string of the molecule is O=C(c1cc2ccccc2o1)N1CCN(c2ccc(-c3ccco3)nn2)CC1. The van der Waals surface area contributed by atoms with E-state index in [1.807, 2.05) is 59.5 Å². The second-order valence-corrected chi connectivity index (χ2v) is 6.68. The third-order valence-corrected chi connectivity index (χ3v) is 4.95. The lowest BCUT2D eigenvalue weighted by Gasteiger charge is -2.34. The van der Waals surface area contributed by atoms with Gasteiger partial charge in [0.25, 0.3) is 5.91 Å². The van der Waals surface area contributed by atoms with E-state index in [0.717, 1.165) is 16.8 Å². The van der Waals surface area contributed by atoms with Gasteiger partial charge in [-0.1, -0.05) is 18.2 Å². The summed E-state index contributed by atoms with van der Waals surface area (Å²) in [6, 6.07) is 17.0. The quantitative estimate of drug-likeness (QED) is 0.547. The van der Waals surface area contributed by atoms with E-state index in [4.69, 9.17) is 8.83 Å². The van der Waals surface area contributed by atoms with Gasteiger partial charge >= 0.3 is 0 Å². The average Bonchev–Trinajstić information content (AvgIpc) is 3.43. The first-order chi connectivity index (χ1) is 13.8. The van der Waals surface area contributed by atoms with Crippen molar-refractivity contribution < 1.29 is 13.6 Å². The molecule has 1 aliphatic rings. The number of piperazine rings is 1. The Morgan fingerprint density at radius 1 is 0.929 bits per heavy atom. The van der Waals surface area contributed by atoms with Gasteiger partial charge in [-0.15, -0.1) is 10.2 Å². The van der Waals surface area contributed by atoms with Gasteiger partial charge in [0.1, 0.15) is 11.3 Å². The standard InChI is InChI=1S/C21H18N4O3/c26-21(19-14-15-4-1-2-5-17(15)28-19)25-11-9-24(10-12-25)20-8-7-16(22-23-20)18-6-3-13-27-18/h1-8,13-14H,9-12H2. The van der Waals surface area contributed by atoms with Gasteiger partial charge < -0.3 is 18.6 Å². The summed E-state index contributed by atoms with van der Waals surface area (Å²) in [6.45, 7) is 2.61. The van der Waals surface area contributed by atoms with Crippen LogP contribution in [0.25, 0.3) is 22.4 Å². The summed E-state index contributed by atoms with van der Waals surface area (Å²) in [7, 11) is 0. The molecular formula is C21H18N4O3. The minimum atomic E-state index is -0.0740. The molecule has 3 aromatic heterocycles. The van der Waals surface area contributed by atoms with Gasteiger partial charge in [0.05, 0.1) is 6.26 Å². The number of carbonyl (C=O) groups is 1. The molecule has 140 valence electrons. The molecule has 7 heteroatoms. The maximum absolute atomic E-state index is 12.8. The first-order valence-electron chi connectivity index (χ1n) is 9.18. The van der Waals surface area contributed by atoms with E-state index in [0.29, 0.717) is 43.4 Å². The van der Waals surface area contributed by atoms with Crippen LogP contribution in [0, 0.1) is 0 Å². The zero-order valence-corrected chi connectivity index (χ0v) is 15.1. The molecule has 1 fully saturated rings. The van der Waals surface area contributed by atoms with E-state index in [-0.39, 0.29) is 5.91 Å². The lowest BCUT2D eigenvalue weighted by molar-refractivity contribution is 0.0717. The van der Waals surface area contributed by atoms with Crippen LogP contribution >= 0.6 is 0 Å². The Bertz CT molecular complexity index is 1060. The summed E-state index contributed by atoms with van der Waals surface area (Å²) in [5, 5.41) is 9.49. The fourth-order valence-corrected chi connectivity index (χ4v) is 3.43. The fourth-order valence-electron chi connectivity index (χ4n) is 3.43. The molecule has 4 heterocycles. The van der Waals surface area contributed by atoms with Crippen molar-refractivity contribution in [3.05, 3.63) is 66.6 Å². The van der Waals surface area contributed by atoms with Crippen molar-refractivity contribution in [3.8, 4) is 11.5 Å². The number of rotatable bonds is 3.